The molecule has 0 aliphatic rings. The molecule has 0 saturated heterocycles. The van der Waals surface area contributed by atoms with Crippen LogP contribution >= 0.6 is 7.82 Å². The average Bonchev–Trinajstić information content (AvgIpc) is 3.28. The molecular formula is C57H109N2O6P. The predicted octanol–water partition coefficient (Wildman–Crippen LogP) is 16.1. The van der Waals surface area contributed by atoms with Crippen molar-refractivity contribution >= 4 is 13.7 Å². The van der Waals surface area contributed by atoms with E-state index < -0.39 is 26.6 Å². The second kappa shape index (κ2) is 48.5. The molecule has 8 nitrogen and oxygen atoms in total. The van der Waals surface area contributed by atoms with Crippen LogP contribution in [0.2, 0.25) is 0 Å². The summed E-state index contributed by atoms with van der Waals surface area (Å²) in [6.07, 6.45) is 63.3. The molecule has 1 amide bonds. The largest absolute Gasteiger partial charge is 0.756 e. The van der Waals surface area contributed by atoms with Crippen LogP contribution in [0.1, 0.15) is 258 Å². The Bertz CT molecular complexity index is 1210. The molecule has 0 aliphatic heterocycles. The number of hydrogen-bond donors (Lipinski definition) is 2. The topological polar surface area (TPSA) is 108 Å². The summed E-state index contributed by atoms with van der Waals surface area (Å²) < 4.78 is 23.3. The molecule has 3 atom stereocenters. The number of nitrogens with one attached hydrogen (secondary N) is 1. The van der Waals surface area contributed by atoms with Crippen molar-refractivity contribution in [2.45, 2.75) is 270 Å². The van der Waals surface area contributed by atoms with Crippen LogP contribution in [0.5, 0.6) is 0 Å². The molecule has 0 aromatic carbocycles. The van der Waals surface area contributed by atoms with E-state index in [0.29, 0.717) is 17.4 Å². The highest BCUT2D eigenvalue weighted by Crippen LogP contribution is 2.38. The number of aliphatic hydroxyl groups excluding tert-OH is 1. The van der Waals surface area contributed by atoms with Crippen LogP contribution in [-0.2, 0) is 18.4 Å². The standard InChI is InChI=1S/C57H109N2O6P/c1-6-8-10-12-14-16-18-20-22-24-26-27-28-29-30-31-32-33-34-36-38-40-42-44-46-48-50-56(60)55(54-65-66(62,63)64-53-52-59(3,4)5)58-57(61)51-49-47-45-43-41-39-37-35-25-23-21-19-17-15-13-11-9-7-2/h17,19,23,25,40,42,48,50,55-56,60H,6-16,18,20-22,24,26-39,41,43-47,49,51-54H2,1-5H3,(H-,58,61,62,63)/b19-17-,25-23-,42-40+,50-48+. The molecule has 0 saturated carbocycles. The number of amides is 1. The van der Waals surface area contributed by atoms with Gasteiger partial charge in [-0.05, 0) is 64.2 Å². The van der Waals surface area contributed by atoms with E-state index in [-0.39, 0.29) is 12.5 Å². The molecule has 66 heavy (non-hydrogen) atoms. The molecular weight excluding hydrogens is 840 g/mol. The highest BCUT2D eigenvalue weighted by molar-refractivity contribution is 7.45. The number of phosphoric ester groups is 1. The van der Waals surface area contributed by atoms with Gasteiger partial charge < -0.3 is 28.8 Å². The zero-order chi connectivity index (χ0) is 48.5. The number of aliphatic hydroxyl groups is 1. The van der Waals surface area contributed by atoms with Crippen molar-refractivity contribution in [3.8, 4) is 0 Å². The Balaban J connectivity index is 4.27. The smallest absolute Gasteiger partial charge is 0.268 e. The number of nitrogens with zero attached hydrogens (tertiary/aromatic N) is 1. The van der Waals surface area contributed by atoms with Gasteiger partial charge in [-0.15, -0.1) is 0 Å². The van der Waals surface area contributed by atoms with Crippen LogP contribution in [0.3, 0.4) is 0 Å². The van der Waals surface area contributed by atoms with Crippen LogP contribution in [0.15, 0.2) is 48.6 Å². The third-order valence-electron chi connectivity index (χ3n) is 12.5. The lowest BCUT2D eigenvalue weighted by atomic mass is 10.0. The molecule has 0 heterocycles. The fraction of sp³-hybridized carbons (Fsp3) is 0.842. The Morgan fingerprint density at radius 2 is 0.894 bits per heavy atom. The van der Waals surface area contributed by atoms with Crippen molar-refractivity contribution < 1.29 is 32.9 Å². The van der Waals surface area contributed by atoms with E-state index in [0.717, 1.165) is 57.8 Å². The van der Waals surface area contributed by atoms with E-state index in [9.17, 15) is 19.4 Å². The summed E-state index contributed by atoms with van der Waals surface area (Å²) in [4.78, 5) is 25.4. The number of likely N-dealkylation sites (N-methyl/N-ethyl adjacent to an activating group) is 1. The molecule has 0 spiro atoms. The molecule has 2 N–H and O–H groups in total. The number of carbonyl (C=O) groups is 1. The zero-order valence-corrected chi connectivity index (χ0v) is 45.0. The van der Waals surface area contributed by atoms with Crippen LogP contribution in [-0.4, -0.2) is 68.5 Å². The number of rotatable bonds is 51. The van der Waals surface area contributed by atoms with Crippen molar-refractivity contribution in [1.29, 1.82) is 0 Å². The monoisotopic (exact) mass is 949 g/mol. The van der Waals surface area contributed by atoms with Gasteiger partial charge in [0.15, 0.2) is 0 Å². The van der Waals surface area contributed by atoms with Crippen LogP contribution in [0.4, 0.5) is 0 Å². The Kier molecular flexibility index (Phi) is 47.4. The normalized spacial score (nSPS) is 14.3. The van der Waals surface area contributed by atoms with E-state index in [4.69, 9.17) is 9.05 Å². The molecule has 0 aromatic rings. The minimum atomic E-state index is -4.61. The Morgan fingerprint density at radius 1 is 0.530 bits per heavy atom. The van der Waals surface area contributed by atoms with Crippen molar-refractivity contribution in [1.82, 2.24) is 5.32 Å². The molecule has 9 heteroatoms. The third kappa shape index (κ3) is 50.3. The van der Waals surface area contributed by atoms with Crippen molar-refractivity contribution in [3.63, 3.8) is 0 Å². The summed E-state index contributed by atoms with van der Waals surface area (Å²) in [5, 5.41) is 13.8. The highest BCUT2D eigenvalue weighted by atomic mass is 31.2. The first kappa shape index (κ1) is 64.5. The van der Waals surface area contributed by atoms with Gasteiger partial charge >= 0.3 is 0 Å². The van der Waals surface area contributed by atoms with E-state index in [1.807, 2.05) is 27.2 Å². The third-order valence-corrected chi connectivity index (χ3v) is 13.5. The summed E-state index contributed by atoms with van der Waals surface area (Å²) >= 11 is 0. The lowest BCUT2D eigenvalue weighted by Crippen LogP contribution is -2.45. The Morgan fingerprint density at radius 3 is 1.33 bits per heavy atom. The van der Waals surface area contributed by atoms with E-state index in [1.165, 1.54) is 180 Å². The SMILES string of the molecule is CCCCCC/C=C\C/C=C\CCCCCCCCCC(=O)NC(COP(=O)([O-])OCC[N+](C)(C)C)C(O)/C=C/CC/C=C/CCCCCCCCCCCCCCCCCCCCCC. The maximum atomic E-state index is 12.9. The first-order valence-corrected chi connectivity index (χ1v) is 29.5. The van der Waals surface area contributed by atoms with Gasteiger partial charge in [-0.1, -0.05) is 236 Å². The first-order valence-electron chi connectivity index (χ1n) is 28.0. The van der Waals surface area contributed by atoms with Gasteiger partial charge in [-0.2, -0.15) is 0 Å². The molecule has 3 unspecified atom stereocenters. The second-order valence-corrected chi connectivity index (χ2v) is 21.7. The maximum Gasteiger partial charge on any atom is 0.268 e. The molecule has 388 valence electrons. The summed E-state index contributed by atoms with van der Waals surface area (Å²) in [5.41, 5.74) is 0. The van der Waals surface area contributed by atoms with Crippen molar-refractivity contribution in [3.05, 3.63) is 48.6 Å². The summed E-state index contributed by atoms with van der Waals surface area (Å²) in [6.45, 7) is 4.63. The van der Waals surface area contributed by atoms with Crippen LogP contribution in [0.25, 0.3) is 0 Å². The van der Waals surface area contributed by atoms with Crippen LogP contribution < -0.4 is 10.2 Å². The van der Waals surface area contributed by atoms with Gasteiger partial charge in [0.2, 0.25) is 5.91 Å². The minimum Gasteiger partial charge on any atom is -0.756 e. The number of quaternary nitrogens is 1. The van der Waals surface area contributed by atoms with Gasteiger partial charge in [0.25, 0.3) is 7.82 Å². The molecule has 0 fully saturated rings. The highest BCUT2D eigenvalue weighted by Gasteiger charge is 2.23. The predicted molar refractivity (Wildman–Crippen MR) is 284 cm³/mol. The van der Waals surface area contributed by atoms with E-state index >= 15 is 0 Å². The van der Waals surface area contributed by atoms with Gasteiger partial charge in [-0.3, -0.25) is 9.36 Å². The van der Waals surface area contributed by atoms with Gasteiger partial charge in [-0.25, -0.2) is 0 Å². The van der Waals surface area contributed by atoms with E-state index in [1.54, 1.807) is 6.08 Å². The van der Waals surface area contributed by atoms with Crippen LogP contribution in [0, 0.1) is 0 Å². The number of unbranched alkanes of at least 4 members (excludes halogenated alkanes) is 32. The summed E-state index contributed by atoms with van der Waals surface area (Å²) in [7, 11) is 1.24. The molecule has 0 aliphatic carbocycles. The second-order valence-electron chi connectivity index (χ2n) is 20.3. The minimum absolute atomic E-state index is 0.00884. The molecule has 0 radical (unpaired) electrons. The Labute approximate surface area is 409 Å². The first-order chi connectivity index (χ1) is 32.0. The fourth-order valence-corrected chi connectivity index (χ4v) is 8.81. The quantitative estimate of drug-likeness (QED) is 0.0272. The number of allylic oxidation sites excluding steroid dienone is 7. The maximum absolute atomic E-state index is 12.9. The molecule has 0 aromatic heterocycles. The van der Waals surface area contributed by atoms with Crippen molar-refractivity contribution in [2.75, 3.05) is 40.9 Å². The van der Waals surface area contributed by atoms with Gasteiger partial charge in [0, 0.05) is 6.42 Å². The lowest BCUT2D eigenvalue weighted by Gasteiger charge is -2.29. The van der Waals surface area contributed by atoms with E-state index in [2.05, 4.69) is 55.6 Å². The number of phosphoric acid groups is 1. The number of carbonyl (C=O) groups excluding carboxylic acids is 1. The van der Waals surface area contributed by atoms with Gasteiger partial charge in [0.1, 0.15) is 13.2 Å². The fourth-order valence-electron chi connectivity index (χ4n) is 8.08. The number of hydrogen-bond acceptors (Lipinski definition) is 6. The Hall–Kier alpha value is -1.54. The average molecular weight is 949 g/mol. The van der Waals surface area contributed by atoms with Gasteiger partial charge in [0.05, 0.1) is 39.9 Å². The summed E-state index contributed by atoms with van der Waals surface area (Å²) in [6, 6.07) is -0.909. The molecule has 0 bridgehead atoms. The zero-order valence-electron chi connectivity index (χ0n) is 44.1. The molecule has 0 rings (SSSR count). The lowest BCUT2D eigenvalue weighted by molar-refractivity contribution is -0.870. The summed E-state index contributed by atoms with van der Waals surface area (Å²) in [5.74, 6) is -0.214. The van der Waals surface area contributed by atoms with Crippen molar-refractivity contribution in [2.24, 2.45) is 0 Å².